The quantitative estimate of drug-likeness (QED) is 0.212. The molecule has 0 unspecified atom stereocenters. The molecule has 0 spiro atoms. The van der Waals surface area contributed by atoms with Gasteiger partial charge in [0, 0.05) is 0 Å². The van der Waals surface area contributed by atoms with Crippen molar-refractivity contribution in [2.45, 2.75) is 88.8 Å². The fraction of sp³-hybridized carbons (Fsp3) is 0.438. The van der Waals surface area contributed by atoms with E-state index in [9.17, 15) is 10.2 Å². The Kier molecular flexibility index (Phi) is 9.34. The standard InChI is InChI=1S/C32H44O3Si/c1-7-28(33)23-29(34)24-30(35-36(5,6)31(2,3)4)32(25-17-11-8-12-18-25,26-19-13-9-14-20-26)27-21-15-10-16-22-27/h8-22,28-30,33-34H,7,23-24H2,1-6H3/t28-,29+,30-/m0/s1. The maximum absolute atomic E-state index is 11.3. The van der Waals surface area contributed by atoms with E-state index in [1.807, 2.05) is 25.1 Å². The minimum Gasteiger partial charge on any atom is -0.412 e. The summed E-state index contributed by atoms with van der Waals surface area (Å²) < 4.78 is 7.31. The number of benzene rings is 3. The molecular formula is C32H44O3Si. The second kappa shape index (κ2) is 11.9. The molecular weight excluding hydrogens is 460 g/mol. The van der Waals surface area contributed by atoms with Crippen LogP contribution in [0.1, 0.15) is 63.6 Å². The zero-order chi connectivity index (χ0) is 26.4. The number of hydrogen-bond acceptors (Lipinski definition) is 3. The summed E-state index contributed by atoms with van der Waals surface area (Å²) in [6.45, 7) is 13.3. The first-order valence-corrected chi connectivity index (χ1v) is 16.1. The largest absolute Gasteiger partial charge is 0.412 e. The van der Waals surface area contributed by atoms with Gasteiger partial charge in [-0.25, -0.2) is 0 Å². The van der Waals surface area contributed by atoms with Gasteiger partial charge in [0.05, 0.1) is 23.7 Å². The van der Waals surface area contributed by atoms with Crippen molar-refractivity contribution in [1.29, 1.82) is 0 Å². The molecule has 0 saturated heterocycles. The Bertz CT molecular complexity index is 948. The molecule has 3 atom stereocenters. The van der Waals surface area contributed by atoms with Gasteiger partial charge in [-0.05, 0) is 54.1 Å². The van der Waals surface area contributed by atoms with Crippen LogP contribution in [0.3, 0.4) is 0 Å². The predicted molar refractivity (Wildman–Crippen MR) is 153 cm³/mol. The van der Waals surface area contributed by atoms with Crippen molar-refractivity contribution < 1.29 is 14.6 Å². The van der Waals surface area contributed by atoms with Crippen LogP contribution in [0.4, 0.5) is 0 Å². The lowest BCUT2D eigenvalue weighted by Crippen LogP contribution is -2.53. The molecule has 2 N–H and O–H groups in total. The van der Waals surface area contributed by atoms with Gasteiger partial charge in [0.15, 0.2) is 8.32 Å². The van der Waals surface area contributed by atoms with E-state index in [1.165, 1.54) is 0 Å². The highest BCUT2D eigenvalue weighted by atomic mass is 28.4. The average molecular weight is 505 g/mol. The number of rotatable bonds is 11. The summed E-state index contributed by atoms with van der Waals surface area (Å²) in [6.07, 6.45) is -0.195. The lowest BCUT2D eigenvalue weighted by Gasteiger charge is -2.48. The van der Waals surface area contributed by atoms with Crippen LogP contribution in [-0.4, -0.2) is 36.8 Å². The molecule has 0 aliphatic carbocycles. The molecule has 3 rings (SSSR count). The summed E-state index contributed by atoms with van der Waals surface area (Å²) >= 11 is 0. The number of hydrogen-bond donors (Lipinski definition) is 2. The lowest BCUT2D eigenvalue weighted by atomic mass is 9.64. The first-order chi connectivity index (χ1) is 17.0. The fourth-order valence-electron chi connectivity index (χ4n) is 4.83. The molecule has 0 bridgehead atoms. The predicted octanol–water partition coefficient (Wildman–Crippen LogP) is 7.32. The highest BCUT2D eigenvalue weighted by Gasteiger charge is 2.49. The third kappa shape index (κ3) is 6.17. The van der Waals surface area contributed by atoms with Gasteiger partial charge < -0.3 is 14.6 Å². The van der Waals surface area contributed by atoms with Crippen LogP contribution in [0.15, 0.2) is 91.0 Å². The van der Waals surface area contributed by atoms with Crippen molar-refractivity contribution in [3.8, 4) is 0 Å². The van der Waals surface area contributed by atoms with Gasteiger partial charge >= 0.3 is 0 Å². The van der Waals surface area contributed by atoms with E-state index < -0.39 is 25.9 Å². The highest BCUT2D eigenvalue weighted by molar-refractivity contribution is 6.74. The molecule has 36 heavy (non-hydrogen) atoms. The van der Waals surface area contributed by atoms with Crippen LogP contribution in [0.5, 0.6) is 0 Å². The molecule has 0 fully saturated rings. The zero-order valence-corrected chi connectivity index (χ0v) is 23.8. The van der Waals surface area contributed by atoms with Gasteiger partial charge in [0.1, 0.15) is 0 Å². The molecule has 0 amide bonds. The second-order valence-electron chi connectivity index (χ2n) is 11.5. The average Bonchev–Trinajstić information content (AvgIpc) is 2.85. The Balaban J connectivity index is 2.32. The normalized spacial score (nSPS) is 15.3. The summed E-state index contributed by atoms with van der Waals surface area (Å²) in [7, 11) is -2.27. The minimum absolute atomic E-state index is 0.00502. The molecule has 0 aliphatic rings. The third-order valence-corrected chi connectivity index (χ3v) is 12.4. The molecule has 3 aromatic carbocycles. The first kappa shape index (κ1) is 28.3. The Labute approximate surface area is 219 Å². The molecule has 3 nitrogen and oxygen atoms in total. The van der Waals surface area contributed by atoms with Crippen molar-refractivity contribution in [2.75, 3.05) is 0 Å². The molecule has 194 valence electrons. The zero-order valence-electron chi connectivity index (χ0n) is 22.8. The second-order valence-corrected chi connectivity index (χ2v) is 16.2. The minimum atomic E-state index is -2.27. The molecule has 4 heteroatoms. The molecule has 0 saturated carbocycles. The monoisotopic (exact) mass is 504 g/mol. The van der Waals surface area contributed by atoms with E-state index in [-0.39, 0.29) is 11.1 Å². The van der Waals surface area contributed by atoms with E-state index in [0.29, 0.717) is 19.3 Å². The fourth-order valence-corrected chi connectivity index (χ4v) is 6.17. The van der Waals surface area contributed by atoms with E-state index >= 15 is 0 Å². The Morgan fingerprint density at radius 2 is 1.06 bits per heavy atom. The maximum Gasteiger partial charge on any atom is 0.192 e. The smallest absolute Gasteiger partial charge is 0.192 e. The summed E-state index contributed by atoms with van der Waals surface area (Å²) in [4.78, 5) is 0. The molecule has 0 heterocycles. The summed E-state index contributed by atoms with van der Waals surface area (Å²) in [5.74, 6) is 0. The molecule has 0 radical (unpaired) electrons. The van der Waals surface area contributed by atoms with Gasteiger partial charge in [-0.3, -0.25) is 0 Å². The van der Waals surface area contributed by atoms with Gasteiger partial charge in [-0.2, -0.15) is 0 Å². The number of aliphatic hydroxyl groups excluding tert-OH is 2. The van der Waals surface area contributed by atoms with Crippen molar-refractivity contribution in [2.24, 2.45) is 0 Å². The van der Waals surface area contributed by atoms with Gasteiger partial charge in [-0.1, -0.05) is 119 Å². The van der Waals surface area contributed by atoms with Crippen LogP contribution in [0.25, 0.3) is 0 Å². The van der Waals surface area contributed by atoms with Crippen LogP contribution in [0, 0.1) is 0 Å². The summed E-state index contributed by atoms with van der Waals surface area (Å²) in [6, 6.07) is 31.7. The van der Waals surface area contributed by atoms with E-state index in [1.54, 1.807) is 0 Å². The maximum atomic E-state index is 11.3. The van der Waals surface area contributed by atoms with Gasteiger partial charge in [0.25, 0.3) is 0 Å². The van der Waals surface area contributed by atoms with E-state index in [0.717, 1.165) is 16.7 Å². The van der Waals surface area contributed by atoms with Crippen molar-refractivity contribution in [3.63, 3.8) is 0 Å². The molecule has 0 aliphatic heterocycles. The summed E-state index contributed by atoms with van der Waals surface area (Å²) in [5.41, 5.74) is 2.76. The van der Waals surface area contributed by atoms with Crippen LogP contribution < -0.4 is 0 Å². The van der Waals surface area contributed by atoms with Crippen LogP contribution >= 0.6 is 0 Å². The van der Waals surface area contributed by atoms with Crippen molar-refractivity contribution in [1.82, 2.24) is 0 Å². The van der Waals surface area contributed by atoms with Gasteiger partial charge in [0.2, 0.25) is 0 Å². The Hall–Kier alpha value is -2.24. The Morgan fingerprint density at radius 1 is 0.667 bits per heavy atom. The highest BCUT2D eigenvalue weighted by Crippen LogP contribution is 2.48. The SMILES string of the molecule is CC[C@H](O)C[C@@H](O)C[C@H](O[Si](C)(C)C(C)(C)C)C(c1ccccc1)(c1ccccc1)c1ccccc1. The lowest BCUT2D eigenvalue weighted by molar-refractivity contribution is 0.0271. The van der Waals surface area contributed by atoms with Crippen LogP contribution in [-0.2, 0) is 9.84 Å². The van der Waals surface area contributed by atoms with Gasteiger partial charge in [-0.15, -0.1) is 0 Å². The first-order valence-electron chi connectivity index (χ1n) is 13.2. The Morgan fingerprint density at radius 3 is 1.39 bits per heavy atom. The molecule has 3 aromatic rings. The molecule has 0 aromatic heterocycles. The number of aliphatic hydroxyl groups is 2. The topological polar surface area (TPSA) is 49.7 Å². The van der Waals surface area contributed by atoms with Crippen molar-refractivity contribution in [3.05, 3.63) is 108 Å². The van der Waals surface area contributed by atoms with E-state index in [2.05, 4.69) is 107 Å². The van der Waals surface area contributed by atoms with Crippen LogP contribution in [0.2, 0.25) is 18.1 Å². The third-order valence-electron chi connectivity index (χ3n) is 7.91. The van der Waals surface area contributed by atoms with E-state index in [4.69, 9.17) is 4.43 Å². The van der Waals surface area contributed by atoms with Crippen molar-refractivity contribution >= 4 is 8.32 Å². The summed E-state index contributed by atoms with van der Waals surface area (Å²) in [5, 5.41) is 21.7.